The van der Waals surface area contributed by atoms with Gasteiger partial charge in [-0.15, -0.1) is 0 Å². The van der Waals surface area contributed by atoms with Crippen LogP contribution in [0.25, 0.3) is 0 Å². The number of nitrogens with two attached hydrogens (primary N) is 1. The Morgan fingerprint density at radius 3 is 2.64 bits per heavy atom. The number of aryl methyl sites for hydroxylation is 2. The van der Waals surface area contributed by atoms with Crippen molar-refractivity contribution < 1.29 is 0 Å². The van der Waals surface area contributed by atoms with E-state index in [0.29, 0.717) is 6.42 Å². The minimum absolute atomic E-state index is 0.245. The SMILES string of the molecule is CCc1nc(N)nc2c1C(N=O)CC(c1ccc(C)cc1)C2. The zero-order chi connectivity index (χ0) is 15.7. The highest BCUT2D eigenvalue weighted by Crippen LogP contribution is 2.41. The molecule has 1 aromatic heterocycles. The quantitative estimate of drug-likeness (QED) is 0.879. The first-order valence-corrected chi connectivity index (χ1v) is 7.66. The number of nitrogens with zero attached hydrogens (tertiary/aromatic N) is 3. The van der Waals surface area contributed by atoms with Crippen LogP contribution in [0.1, 0.15) is 53.4 Å². The fraction of sp³-hybridized carbons (Fsp3) is 0.412. The molecule has 2 aromatic rings. The number of aromatic nitrogens is 2. The van der Waals surface area contributed by atoms with Crippen molar-refractivity contribution in [3.05, 3.63) is 57.3 Å². The lowest BCUT2D eigenvalue weighted by Crippen LogP contribution is -2.21. The fourth-order valence-corrected chi connectivity index (χ4v) is 3.29. The van der Waals surface area contributed by atoms with E-state index in [4.69, 9.17) is 5.73 Å². The number of hydrogen-bond acceptors (Lipinski definition) is 5. The van der Waals surface area contributed by atoms with E-state index in [2.05, 4.69) is 46.3 Å². The molecule has 0 fully saturated rings. The van der Waals surface area contributed by atoms with Gasteiger partial charge in [0.1, 0.15) is 6.04 Å². The molecule has 2 unspecified atom stereocenters. The molecule has 5 nitrogen and oxygen atoms in total. The average Bonchev–Trinajstić information content (AvgIpc) is 2.53. The van der Waals surface area contributed by atoms with Gasteiger partial charge in [0.25, 0.3) is 0 Å². The van der Waals surface area contributed by atoms with Crippen molar-refractivity contribution in [1.29, 1.82) is 0 Å². The molecule has 0 aliphatic heterocycles. The summed E-state index contributed by atoms with van der Waals surface area (Å²) < 4.78 is 0. The van der Waals surface area contributed by atoms with Crippen LogP contribution in [0.5, 0.6) is 0 Å². The first kappa shape index (κ1) is 14.6. The van der Waals surface area contributed by atoms with Gasteiger partial charge in [0.15, 0.2) is 0 Å². The van der Waals surface area contributed by atoms with Gasteiger partial charge < -0.3 is 5.73 Å². The van der Waals surface area contributed by atoms with Crippen LogP contribution in [0, 0.1) is 11.8 Å². The Balaban J connectivity index is 2.03. The second-order valence-electron chi connectivity index (χ2n) is 5.91. The lowest BCUT2D eigenvalue weighted by Gasteiger charge is -2.28. The molecule has 1 aliphatic rings. The van der Waals surface area contributed by atoms with Crippen molar-refractivity contribution in [2.75, 3.05) is 5.73 Å². The summed E-state index contributed by atoms with van der Waals surface area (Å²) >= 11 is 0. The van der Waals surface area contributed by atoms with Gasteiger partial charge in [-0.1, -0.05) is 41.9 Å². The summed E-state index contributed by atoms with van der Waals surface area (Å²) in [6, 6.07) is 8.06. The molecule has 2 N–H and O–H groups in total. The Morgan fingerprint density at radius 2 is 2.00 bits per heavy atom. The van der Waals surface area contributed by atoms with Crippen LogP contribution in [-0.4, -0.2) is 9.97 Å². The molecule has 0 amide bonds. The zero-order valence-corrected chi connectivity index (χ0v) is 12.9. The zero-order valence-electron chi connectivity index (χ0n) is 12.9. The number of anilines is 1. The highest BCUT2D eigenvalue weighted by atomic mass is 16.3. The van der Waals surface area contributed by atoms with Crippen molar-refractivity contribution in [3.8, 4) is 0 Å². The molecule has 0 radical (unpaired) electrons. The molecule has 0 bridgehead atoms. The van der Waals surface area contributed by atoms with Gasteiger partial charge in [0.2, 0.25) is 5.95 Å². The molecule has 22 heavy (non-hydrogen) atoms. The normalized spacial score (nSPS) is 20.5. The van der Waals surface area contributed by atoms with Gasteiger partial charge in [-0.25, -0.2) is 9.97 Å². The van der Waals surface area contributed by atoms with Crippen LogP contribution in [0.15, 0.2) is 29.4 Å². The highest BCUT2D eigenvalue weighted by molar-refractivity contribution is 5.39. The van der Waals surface area contributed by atoms with Crippen LogP contribution < -0.4 is 5.73 Å². The van der Waals surface area contributed by atoms with Gasteiger partial charge in [0, 0.05) is 5.56 Å². The predicted octanol–water partition coefficient (Wildman–Crippen LogP) is 3.47. The van der Waals surface area contributed by atoms with Gasteiger partial charge >= 0.3 is 0 Å². The summed E-state index contributed by atoms with van der Waals surface area (Å²) in [5, 5.41) is 3.35. The Morgan fingerprint density at radius 1 is 1.27 bits per heavy atom. The third-order valence-electron chi connectivity index (χ3n) is 4.41. The summed E-state index contributed by atoms with van der Waals surface area (Å²) in [5.41, 5.74) is 10.9. The van der Waals surface area contributed by atoms with E-state index in [9.17, 15) is 4.91 Å². The molecule has 1 heterocycles. The van der Waals surface area contributed by atoms with Crippen LogP contribution in [0.3, 0.4) is 0 Å². The molecule has 3 rings (SSSR count). The van der Waals surface area contributed by atoms with Crippen LogP contribution in [0.4, 0.5) is 5.95 Å². The largest absolute Gasteiger partial charge is 0.368 e. The Bertz CT molecular complexity index is 697. The molecule has 1 aromatic carbocycles. The maximum atomic E-state index is 11.4. The molecule has 1 aliphatic carbocycles. The Labute approximate surface area is 130 Å². The fourth-order valence-electron chi connectivity index (χ4n) is 3.29. The third kappa shape index (κ3) is 2.58. The highest BCUT2D eigenvalue weighted by Gasteiger charge is 2.32. The summed E-state index contributed by atoms with van der Waals surface area (Å²) in [7, 11) is 0. The second kappa shape index (κ2) is 5.83. The smallest absolute Gasteiger partial charge is 0.220 e. The molecule has 2 atom stereocenters. The predicted molar refractivity (Wildman–Crippen MR) is 86.6 cm³/mol. The van der Waals surface area contributed by atoms with Crippen LogP contribution in [0.2, 0.25) is 0 Å². The van der Waals surface area contributed by atoms with E-state index >= 15 is 0 Å². The van der Waals surface area contributed by atoms with E-state index in [1.165, 1.54) is 11.1 Å². The first-order valence-electron chi connectivity index (χ1n) is 7.66. The Hall–Kier alpha value is -2.30. The van der Waals surface area contributed by atoms with E-state index in [-0.39, 0.29) is 17.9 Å². The molecule has 0 saturated heterocycles. The number of nitroso groups, excluding NO2 is 1. The molecule has 114 valence electrons. The summed E-state index contributed by atoms with van der Waals surface area (Å²) in [6.07, 6.45) is 2.22. The maximum absolute atomic E-state index is 11.4. The molecule has 0 saturated carbocycles. The number of nitrogen functional groups attached to an aromatic ring is 1. The lowest BCUT2D eigenvalue weighted by atomic mass is 9.79. The van der Waals surface area contributed by atoms with Crippen molar-refractivity contribution in [1.82, 2.24) is 9.97 Å². The standard InChI is InChI=1S/C17H20N4O/c1-3-13-16-14(20-17(18)19-13)8-12(9-15(16)21-22)11-6-4-10(2)5-7-11/h4-7,12,15H,3,8-9H2,1-2H3,(H2,18,19,20). The van der Waals surface area contributed by atoms with E-state index in [1.54, 1.807) is 0 Å². The van der Waals surface area contributed by atoms with Gasteiger partial charge in [-0.2, -0.15) is 4.91 Å². The number of rotatable bonds is 3. The van der Waals surface area contributed by atoms with E-state index in [1.807, 2.05) is 6.92 Å². The van der Waals surface area contributed by atoms with E-state index in [0.717, 1.165) is 29.8 Å². The molecular formula is C17H20N4O. The molecular weight excluding hydrogens is 276 g/mol. The van der Waals surface area contributed by atoms with Crippen molar-refractivity contribution in [3.63, 3.8) is 0 Å². The summed E-state index contributed by atoms with van der Waals surface area (Å²) in [4.78, 5) is 20.0. The lowest BCUT2D eigenvalue weighted by molar-refractivity contribution is 0.488. The minimum Gasteiger partial charge on any atom is -0.368 e. The Kier molecular flexibility index (Phi) is 3.88. The minimum atomic E-state index is -0.384. The van der Waals surface area contributed by atoms with Gasteiger partial charge in [-0.3, -0.25) is 0 Å². The second-order valence-corrected chi connectivity index (χ2v) is 5.91. The topological polar surface area (TPSA) is 81.2 Å². The first-order chi connectivity index (χ1) is 10.6. The monoisotopic (exact) mass is 296 g/mol. The number of fused-ring (bicyclic) bond motifs is 1. The van der Waals surface area contributed by atoms with Crippen molar-refractivity contribution in [2.24, 2.45) is 5.18 Å². The number of hydrogen-bond donors (Lipinski definition) is 1. The molecule has 0 spiro atoms. The van der Waals surface area contributed by atoms with Gasteiger partial charge in [-0.05, 0) is 37.7 Å². The molecule has 5 heteroatoms. The maximum Gasteiger partial charge on any atom is 0.220 e. The van der Waals surface area contributed by atoms with Gasteiger partial charge in [0.05, 0.1) is 11.4 Å². The summed E-state index contributed by atoms with van der Waals surface area (Å²) in [6.45, 7) is 4.08. The van der Waals surface area contributed by atoms with Crippen LogP contribution in [-0.2, 0) is 12.8 Å². The summed E-state index contributed by atoms with van der Waals surface area (Å²) in [5.74, 6) is 0.527. The van der Waals surface area contributed by atoms with E-state index < -0.39 is 0 Å². The average molecular weight is 296 g/mol. The van der Waals surface area contributed by atoms with Crippen molar-refractivity contribution >= 4 is 5.95 Å². The van der Waals surface area contributed by atoms with Crippen LogP contribution >= 0.6 is 0 Å². The van der Waals surface area contributed by atoms with Crippen molar-refractivity contribution in [2.45, 2.75) is 45.1 Å². The third-order valence-corrected chi connectivity index (χ3v) is 4.41. The number of benzene rings is 1.